The summed E-state index contributed by atoms with van der Waals surface area (Å²) >= 11 is 0. The zero-order valence-electron chi connectivity index (χ0n) is 24.8. The highest BCUT2D eigenvalue weighted by Gasteiger charge is 2.56. The first-order valence-electron chi connectivity index (χ1n) is 14.5. The molecule has 0 unspecified atom stereocenters. The van der Waals surface area contributed by atoms with Gasteiger partial charge in [-0.15, -0.1) is 0 Å². The topological polar surface area (TPSA) is 35.5 Å². The van der Waals surface area contributed by atoms with E-state index in [4.69, 9.17) is 8.43 Å². The number of hydrogen-bond donors (Lipinski definition) is 0. The third kappa shape index (κ3) is 6.56. The molecule has 48 heavy (non-hydrogen) atoms. The van der Waals surface area contributed by atoms with Gasteiger partial charge in [-0.25, -0.2) is 26.3 Å². The fourth-order valence-electron chi connectivity index (χ4n) is 5.67. The quantitative estimate of drug-likeness (QED) is 0.0778. The van der Waals surface area contributed by atoms with Gasteiger partial charge in [-0.2, -0.15) is 8.43 Å². The van der Waals surface area contributed by atoms with Crippen LogP contribution in [0.4, 0.5) is 26.3 Å². The highest BCUT2D eigenvalue weighted by atomic mass is 31.1. The predicted octanol–water partition coefficient (Wildman–Crippen LogP) is 5.85. The second kappa shape index (κ2) is 13.8. The predicted molar refractivity (Wildman–Crippen MR) is 177 cm³/mol. The minimum absolute atomic E-state index is 0.381. The largest absolute Gasteiger partial charge is 0.675 e. The van der Waals surface area contributed by atoms with Crippen LogP contribution in [0.3, 0.4) is 0 Å². The summed E-state index contributed by atoms with van der Waals surface area (Å²) in [5, 5.41) is 2.29. The van der Waals surface area contributed by atoms with Crippen molar-refractivity contribution < 1.29 is 39.3 Å². The summed E-state index contributed by atoms with van der Waals surface area (Å²) in [5.74, 6) is -3.36. The standard InChI is InChI=1S/C36H24F6O3PSi2/c37-25-1-13-31(14-2-25)47(32-15-3-26(38)4-16-32,33-17-5-27(39)6-18-33)44-46(43)45-48(34-19-7-28(40)8-20-34,35-21-9-29(41)10-22-35)36-23-11-30(42)12-24-36/h1-24H/q+1. The molecular weight excluding hydrogens is 682 g/mol. The Labute approximate surface area is 275 Å². The summed E-state index contributed by atoms with van der Waals surface area (Å²) in [4.78, 5) is 0. The summed E-state index contributed by atoms with van der Waals surface area (Å²) in [5.41, 5.74) is 0. The molecule has 0 radical (unpaired) electrons. The number of hydrogen-bond acceptors (Lipinski definition) is 3. The van der Waals surface area contributed by atoms with Gasteiger partial charge in [0.1, 0.15) is 34.9 Å². The van der Waals surface area contributed by atoms with E-state index in [9.17, 15) is 30.9 Å². The van der Waals surface area contributed by atoms with E-state index in [0.717, 1.165) is 0 Å². The third-order valence-corrected chi connectivity index (χ3v) is 18.2. The Hall–Kier alpha value is -4.65. The van der Waals surface area contributed by atoms with E-state index in [-0.39, 0.29) is 0 Å². The molecule has 0 bridgehead atoms. The molecule has 0 N–H and O–H groups in total. The van der Waals surface area contributed by atoms with Crippen LogP contribution in [0.5, 0.6) is 0 Å². The molecule has 0 atom stereocenters. The van der Waals surface area contributed by atoms with Gasteiger partial charge in [0.15, 0.2) is 0 Å². The lowest BCUT2D eigenvalue weighted by Gasteiger charge is -2.29. The van der Waals surface area contributed by atoms with Crippen molar-refractivity contribution in [1.29, 1.82) is 0 Å². The molecule has 6 aromatic rings. The molecule has 0 spiro atoms. The van der Waals surface area contributed by atoms with E-state index in [1.807, 2.05) is 0 Å². The molecule has 0 saturated carbocycles. The third-order valence-electron chi connectivity index (χ3n) is 7.93. The fraction of sp³-hybridized carbons (Fsp3) is 0. The maximum Gasteiger partial charge on any atom is 0.675 e. The van der Waals surface area contributed by atoms with Crippen molar-refractivity contribution in [2.45, 2.75) is 0 Å². The van der Waals surface area contributed by atoms with E-state index in [0.29, 0.717) is 31.1 Å². The lowest BCUT2D eigenvalue weighted by molar-refractivity contribution is 0.424. The van der Waals surface area contributed by atoms with Crippen molar-refractivity contribution in [2.75, 3.05) is 0 Å². The molecule has 0 aliphatic rings. The van der Waals surface area contributed by atoms with E-state index in [2.05, 4.69) is 0 Å². The van der Waals surface area contributed by atoms with Crippen LogP contribution in [0.2, 0.25) is 0 Å². The molecule has 0 fully saturated rings. The zero-order chi connectivity index (χ0) is 33.9. The molecule has 240 valence electrons. The lowest BCUT2D eigenvalue weighted by atomic mass is 10.3. The van der Waals surface area contributed by atoms with Crippen LogP contribution in [0, 0.1) is 34.9 Å². The van der Waals surface area contributed by atoms with E-state index >= 15 is 0 Å². The number of rotatable bonds is 10. The van der Waals surface area contributed by atoms with Gasteiger partial charge in [0.05, 0.1) is 0 Å². The van der Waals surface area contributed by atoms with Gasteiger partial charge < -0.3 is 0 Å². The van der Waals surface area contributed by atoms with Gasteiger partial charge in [0.2, 0.25) is 0 Å². The molecule has 12 heteroatoms. The van der Waals surface area contributed by atoms with Crippen molar-refractivity contribution in [2.24, 2.45) is 0 Å². The van der Waals surface area contributed by atoms with Gasteiger partial charge in [-0.1, -0.05) is 72.8 Å². The van der Waals surface area contributed by atoms with Crippen molar-refractivity contribution in [3.8, 4) is 0 Å². The molecule has 0 aliphatic heterocycles. The summed E-state index contributed by atoms with van der Waals surface area (Å²) in [6.45, 7) is 0. The first kappa shape index (κ1) is 33.3. The lowest BCUT2D eigenvalue weighted by Crippen LogP contribution is -2.70. The van der Waals surface area contributed by atoms with Crippen LogP contribution in [0.15, 0.2) is 146 Å². The van der Waals surface area contributed by atoms with E-state index < -0.39 is 59.8 Å². The SMILES string of the molecule is O=[P+](O[Si](c1ccc(F)cc1)(c1ccc(F)cc1)c1ccc(F)cc1)O[Si](c1ccc(F)cc1)(c1ccc(F)cc1)c1ccc(F)cc1. The second-order valence-corrected chi connectivity index (χ2v) is 18.9. The molecule has 3 nitrogen and oxygen atoms in total. The Kier molecular flexibility index (Phi) is 9.59. The Morgan fingerprint density at radius 1 is 0.312 bits per heavy atom. The highest BCUT2D eigenvalue weighted by Crippen LogP contribution is 2.34. The Morgan fingerprint density at radius 2 is 0.458 bits per heavy atom. The average molecular weight is 706 g/mol. The summed E-state index contributed by atoms with van der Waals surface area (Å²) in [6, 6.07) is 31.6. The van der Waals surface area contributed by atoms with Crippen molar-refractivity contribution in [1.82, 2.24) is 0 Å². The van der Waals surface area contributed by atoms with E-state index in [1.54, 1.807) is 0 Å². The van der Waals surface area contributed by atoms with Crippen LogP contribution in [-0.2, 0) is 13.0 Å². The molecule has 0 aromatic heterocycles. The van der Waals surface area contributed by atoms with Crippen LogP contribution in [-0.4, -0.2) is 16.6 Å². The second-order valence-electron chi connectivity index (χ2n) is 10.8. The van der Waals surface area contributed by atoms with E-state index in [1.165, 1.54) is 146 Å². The van der Waals surface area contributed by atoms with Crippen molar-refractivity contribution >= 4 is 56.0 Å². The molecule has 0 saturated heterocycles. The van der Waals surface area contributed by atoms with Gasteiger partial charge in [0.25, 0.3) is 0 Å². The van der Waals surface area contributed by atoms with Gasteiger partial charge in [0, 0.05) is 4.57 Å². The minimum Gasteiger partial charge on any atom is -0.207 e. The smallest absolute Gasteiger partial charge is 0.207 e. The number of halogens is 6. The first-order chi connectivity index (χ1) is 23.1. The molecule has 0 aliphatic carbocycles. The van der Waals surface area contributed by atoms with Crippen LogP contribution < -0.4 is 31.1 Å². The highest BCUT2D eigenvalue weighted by molar-refractivity contribution is 7.41. The maximum absolute atomic E-state index is 14.6. The maximum atomic E-state index is 14.6. The molecule has 0 amide bonds. The fourth-order valence-corrected chi connectivity index (χ4v) is 16.3. The van der Waals surface area contributed by atoms with Crippen molar-refractivity contribution in [3.05, 3.63) is 180 Å². The molecule has 6 aromatic carbocycles. The summed E-state index contributed by atoms with van der Waals surface area (Å²) in [6.07, 6.45) is 0. The monoisotopic (exact) mass is 705 g/mol. The average Bonchev–Trinajstić information content (AvgIpc) is 3.09. The Morgan fingerprint density at radius 3 is 0.604 bits per heavy atom. The molecule has 0 heterocycles. The zero-order valence-corrected chi connectivity index (χ0v) is 27.7. The summed E-state index contributed by atoms with van der Waals surface area (Å²) < 4.78 is 113. The van der Waals surface area contributed by atoms with Gasteiger partial charge in [-0.3, -0.25) is 0 Å². The van der Waals surface area contributed by atoms with Crippen LogP contribution in [0.1, 0.15) is 0 Å². The minimum atomic E-state index is -4.05. The van der Waals surface area contributed by atoms with Crippen LogP contribution >= 0.6 is 8.25 Å². The summed E-state index contributed by atoms with van der Waals surface area (Å²) in [7, 11) is -11.3. The number of benzene rings is 6. The van der Waals surface area contributed by atoms with Crippen LogP contribution in [0.25, 0.3) is 0 Å². The Bertz CT molecular complexity index is 1660. The Balaban J connectivity index is 1.59. The van der Waals surface area contributed by atoms with Gasteiger partial charge >= 0.3 is 24.9 Å². The normalized spacial score (nSPS) is 11.8. The van der Waals surface area contributed by atoms with Crippen molar-refractivity contribution in [3.63, 3.8) is 0 Å². The molecular formula is C36H24F6O3PSi2+. The van der Waals surface area contributed by atoms with Gasteiger partial charge in [-0.05, 0) is 104 Å². The molecule has 6 rings (SSSR count). The first-order valence-corrected chi connectivity index (χ1v) is 19.4.